The van der Waals surface area contributed by atoms with Crippen LogP contribution in [0.5, 0.6) is 17.2 Å². The smallest absolute Gasteiger partial charge is 0.352 e. The van der Waals surface area contributed by atoms with Crippen LogP contribution < -0.4 is 19.9 Å². The van der Waals surface area contributed by atoms with Crippen molar-refractivity contribution in [2.24, 2.45) is 5.73 Å². The first-order valence-electron chi connectivity index (χ1n) is 8.11. The number of allylic oxidation sites excluding steroid dienone is 1. The molecule has 0 aliphatic rings. The van der Waals surface area contributed by atoms with Gasteiger partial charge in [-0.2, -0.15) is 0 Å². The minimum absolute atomic E-state index is 0.125. The lowest BCUT2D eigenvalue weighted by molar-refractivity contribution is 0.0690. The highest BCUT2D eigenvalue weighted by molar-refractivity contribution is 5.93. The number of nitrogens with one attached hydrogen (secondary N) is 1. The third-order valence-corrected chi connectivity index (χ3v) is 4.11. The van der Waals surface area contributed by atoms with Crippen molar-refractivity contribution in [3.8, 4) is 28.4 Å². The van der Waals surface area contributed by atoms with Gasteiger partial charge in [0.2, 0.25) is 5.75 Å². The van der Waals surface area contributed by atoms with E-state index >= 15 is 0 Å². The third-order valence-electron chi connectivity index (χ3n) is 4.11. The number of ether oxygens (including phenoxy) is 3. The second-order valence-corrected chi connectivity index (χ2v) is 5.55. The molecule has 1 aromatic carbocycles. The van der Waals surface area contributed by atoms with Gasteiger partial charge >= 0.3 is 5.97 Å². The van der Waals surface area contributed by atoms with Crippen LogP contribution in [0, 0.1) is 0 Å². The molecule has 0 aliphatic carbocycles. The highest BCUT2D eigenvalue weighted by Crippen LogP contribution is 2.46. The zero-order chi connectivity index (χ0) is 19.3. The maximum absolute atomic E-state index is 11.7. The van der Waals surface area contributed by atoms with E-state index in [2.05, 4.69) is 11.6 Å². The van der Waals surface area contributed by atoms with Gasteiger partial charge in [-0.1, -0.05) is 6.08 Å². The van der Waals surface area contributed by atoms with Crippen LogP contribution in [0.1, 0.15) is 21.7 Å². The van der Waals surface area contributed by atoms with Gasteiger partial charge in [0.1, 0.15) is 5.69 Å². The van der Waals surface area contributed by atoms with E-state index in [9.17, 15) is 9.90 Å². The number of nitrogens with two attached hydrogens (primary N) is 1. The molecule has 0 amide bonds. The molecule has 0 saturated carbocycles. The number of H-pyrrole nitrogens is 1. The molecule has 0 aliphatic heterocycles. The van der Waals surface area contributed by atoms with Crippen molar-refractivity contribution in [2.75, 3.05) is 27.9 Å². The van der Waals surface area contributed by atoms with Gasteiger partial charge in [0.15, 0.2) is 11.5 Å². The van der Waals surface area contributed by atoms with Gasteiger partial charge in [-0.15, -0.1) is 6.58 Å². The van der Waals surface area contributed by atoms with E-state index in [0.717, 1.165) is 11.3 Å². The summed E-state index contributed by atoms with van der Waals surface area (Å²) < 4.78 is 16.4. The molecule has 2 aromatic rings. The summed E-state index contributed by atoms with van der Waals surface area (Å²) in [5.74, 6) is 0.388. The van der Waals surface area contributed by atoms with E-state index in [1.807, 2.05) is 6.07 Å². The summed E-state index contributed by atoms with van der Waals surface area (Å²) in [5, 5.41) is 9.58. The molecule has 1 heterocycles. The van der Waals surface area contributed by atoms with Gasteiger partial charge in [-0.05, 0) is 30.7 Å². The second kappa shape index (κ2) is 8.44. The Labute approximate surface area is 152 Å². The summed E-state index contributed by atoms with van der Waals surface area (Å²) in [6.07, 6.45) is 2.54. The Balaban J connectivity index is 2.85. The first kappa shape index (κ1) is 19.4. The molecule has 7 heteroatoms. The summed E-state index contributed by atoms with van der Waals surface area (Å²) in [6.45, 7) is 4.11. The van der Waals surface area contributed by atoms with Crippen molar-refractivity contribution in [3.05, 3.63) is 41.7 Å². The predicted molar refractivity (Wildman–Crippen MR) is 99.5 cm³/mol. The minimum Gasteiger partial charge on any atom is -0.493 e. The van der Waals surface area contributed by atoms with E-state index < -0.39 is 5.97 Å². The van der Waals surface area contributed by atoms with Crippen LogP contribution in [0.2, 0.25) is 0 Å². The summed E-state index contributed by atoms with van der Waals surface area (Å²) in [5.41, 5.74) is 8.65. The Bertz CT molecular complexity index is 811. The molecular formula is C19H24N2O5. The zero-order valence-corrected chi connectivity index (χ0v) is 15.2. The monoisotopic (exact) mass is 360 g/mol. The number of rotatable bonds is 9. The number of aromatic carboxylic acids is 1. The molecule has 2 rings (SSSR count). The maximum atomic E-state index is 11.7. The molecule has 0 atom stereocenters. The molecular weight excluding hydrogens is 336 g/mol. The Morgan fingerprint density at radius 2 is 1.92 bits per heavy atom. The Kier molecular flexibility index (Phi) is 6.30. The topological polar surface area (TPSA) is 107 Å². The van der Waals surface area contributed by atoms with Crippen molar-refractivity contribution < 1.29 is 24.1 Å². The van der Waals surface area contributed by atoms with Crippen LogP contribution in [-0.4, -0.2) is 43.9 Å². The fourth-order valence-corrected chi connectivity index (χ4v) is 3.08. The molecule has 0 saturated heterocycles. The van der Waals surface area contributed by atoms with Gasteiger partial charge in [-0.25, -0.2) is 4.79 Å². The number of hydrogen-bond donors (Lipinski definition) is 3. The summed E-state index contributed by atoms with van der Waals surface area (Å²) in [4.78, 5) is 14.7. The van der Waals surface area contributed by atoms with Gasteiger partial charge in [0.25, 0.3) is 0 Å². The summed E-state index contributed by atoms with van der Waals surface area (Å²) >= 11 is 0. The second-order valence-electron chi connectivity index (χ2n) is 5.55. The number of hydrogen-bond acceptors (Lipinski definition) is 5. The summed E-state index contributed by atoms with van der Waals surface area (Å²) in [7, 11) is 4.59. The first-order chi connectivity index (χ1) is 12.5. The largest absolute Gasteiger partial charge is 0.493 e. The Morgan fingerprint density at radius 1 is 1.23 bits per heavy atom. The molecule has 26 heavy (non-hydrogen) atoms. The third kappa shape index (κ3) is 3.39. The zero-order valence-electron chi connectivity index (χ0n) is 15.2. The number of carboxylic acids is 1. The standard InChI is InChI=1S/C19H24N2O5/c1-5-6-11-15(13(9-10-20)21-16(11)19(22)23)12-7-8-14(24-2)18(26-4)17(12)25-3/h5,7-8,21H,1,6,9-10,20H2,2-4H3,(H,22,23). The van der Waals surface area contributed by atoms with E-state index in [4.69, 9.17) is 19.9 Å². The van der Waals surface area contributed by atoms with Crippen molar-refractivity contribution in [3.63, 3.8) is 0 Å². The predicted octanol–water partition coefficient (Wildman–Crippen LogP) is 2.64. The summed E-state index contributed by atoms with van der Waals surface area (Å²) in [6, 6.07) is 3.58. The number of methoxy groups -OCH3 is 3. The molecule has 0 bridgehead atoms. The van der Waals surface area contributed by atoms with Crippen molar-refractivity contribution in [2.45, 2.75) is 12.8 Å². The molecule has 0 fully saturated rings. The fourth-order valence-electron chi connectivity index (χ4n) is 3.08. The Morgan fingerprint density at radius 3 is 2.42 bits per heavy atom. The van der Waals surface area contributed by atoms with E-state index in [1.54, 1.807) is 19.3 Å². The number of aromatic nitrogens is 1. The number of carbonyl (C=O) groups is 1. The highest BCUT2D eigenvalue weighted by Gasteiger charge is 2.26. The van der Waals surface area contributed by atoms with Crippen molar-refractivity contribution >= 4 is 5.97 Å². The lowest BCUT2D eigenvalue weighted by Crippen LogP contribution is -2.05. The van der Waals surface area contributed by atoms with Crippen LogP contribution in [0.15, 0.2) is 24.8 Å². The van der Waals surface area contributed by atoms with Crippen LogP contribution in [0.4, 0.5) is 0 Å². The van der Waals surface area contributed by atoms with E-state index in [1.165, 1.54) is 14.2 Å². The Hall–Kier alpha value is -2.93. The lowest BCUT2D eigenvalue weighted by Gasteiger charge is -2.17. The average Bonchev–Trinajstić information content (AvgIpc) is 2.99. The SMILES string of the molecule is C=CCc1c(C(=O)O)[nH]c(CCN)c1-c1ccc(OC)c(OC)c1OC. The van der Waals surface area contributed by atoms with Crippen molar-refractivity contribution in [1.82, 2.24) is 4.98 Å². The highest BCUT2D eigenvalue weighted by atomic mass is 16.5. The number of aromatic amines is 1. The molecule has 7 nitrogen and oxygen atoms in total. The van der Waals surface area contributed by atoms with Gasteiger partial charge < -0.3 is 30.0 Å². The van der Waals surface area contributed by atoms with Crippen LogP contribution in [0.25, 0.3) is 11.1 Å². The van der Waals surface area contributed by atoms with E-state index in [-0.39, 0.29) is 5.69 Å². The van der Waals surface area contributed by atoms with Gasteiger partial charge in [0.05, 0.1) is 21.3 Å². The van der Waals surface area contributed by atoms with Crippen molar-refractivity contribution in [1.29, 1.82) is 0 Å². The molecule has 140 valence electrons. The minimum atomic E-state index is -1.04. The normalized spacial score (nSPS) is 10.5. The van der Waals surface area contributed by atoms with Crippen LogP contribution in [0.3, 0.4) is 0 Å². The molecule has 0 unspecified atom stereocenters. The van der Waals surface area contributed by atoms with Crippen LogP contribution in [-0.2, 0) is 12.8 Å². The number of benzene rings is 1. The van der Waals surface area contributed by atoms with Gasteiger partial charge in [-0.3, -0.25) is 0 Å². The van der Waals surface area contributed by atoms with E-state index in [0.29, 0.717) is 47.8 Å². The molecule has 0 radical (unpaired) electrons. The molecule has 1 aromatic heterocycles. The fraction of sp³-hybridized carbons (Fsp3) is 0.316. The lowest BCUT2D eigenvalue weighted by atomic mass is 9.95. The quantitative estimate of drug-likeness (QED) is 0.594. The van der Waals surface area contributed by atoms with Crippen LogP contribution >= 0.6 is 0 Å². The molecule has 0 spiro atoms. The molecule has 4 N–H and O–H groups in total. The average molecular weight is 360 g/mol. The maximum Gasteiger partial charge on any atom is 0.352 e. The number of carboxylic acid groups (broad SMARTS) is 1. The first-order valence-corrected chi connectivity index (χ1v) is 8.11. The van der Waals surface area contributed by atoms with Gasteiger partial charge in [0, 0.05) is 23.2 Å².